The van der Waals surface area contributed by atoms with Crippen LogP contribution in [-0.4, -0.2) is 27.2 Å². The summed E-state index contributed by atoms with van der Waals surface area (Å²) in [6.07, 6.45) is 8.35. The maximum Gasteiger partial charge on any atom is 0.261 e. The largest absolute Gasteiger partial charge is 0.351 e. The topological polar surface area (TPSA) is 96.7 Å². The van der Waals surface area contributed by atoms with Crippen molar-refractivity contribution in [2.24, 2.45) is 0 Å². The van der Waals surface area contributed by atoms with Crippen molar-refractivity contribution in [3.63, 3.8) is 0 Å². The van der Waals surface area contributed by atoms with E-state index in [1.807, 2.05) is 19.9 Å². The van der Waals surface area contributed by atoms with Crippen molar-refractivity contribution in [2.45, 2.75) is 78.2 Å². The molecule has 7 nitrogen and oxygen atoms in total. The van der Waals surface area contributed by atoms with Crippen molar-refractivity contribution in [2.75, 3.05) is 6.54 Å². The molecule has 1 aliphatic carbocycles. The molecule has 0 atom stereocenters. The average molecular weight is 410 g/mol. The van der Waals surface area contributed by atoms with Gasteiger partial charge in [-0.15, -0.1) is 0 Å². The number of carbonyl (C=O) groups is 1. The van der Waals surface area contributed by atoms with E-state index in [2.05, 4.69) is 39.9 Å². The van der Waals surface area contributed by atoms with Crippen molar-refractivity contribution >= 4 is 12.0 Å². The summed E-state index contributed by atoms with van der Waals surface area (Å²) in [5.41, 5.74) is 3.34. The van der Waals surface area contributed by atoms with E-state index < -0.39 is 0 Å². The smallest absolute Gasteiger partial charge is 0.261 e. The summed E-state index contributed by atoms with van der Waals surface area (Å²) >= 11 is 0. The van der Waals surface area contributed by atoms with Gasteiger partial charge in [0.1, 0.15) is 11.6 Å². The van der Waals surface area contributed by atoms with Crippen LogP contribution < -0.4 is 5.32 Å². The molecule has 0 spiro atoms. The zero-order valence-electron chi connectivity index (χ0n) is 18.4. The second kappa shape index (κ2) is 9.75. The highest BCUT2D eigenvalue weighted by Gasteiger charge is 2.20. The van der Waals surface area contributed by atoms with Crippen LogP contribution in [0.4, 0.5) is 0 Å². The number of rotatable bonds is 7. The Morgan fingerprint density at radius 2 is 2.10 bits per heavy atom. The van der Waals surface area contributed by atoms with Crippen molar-refractivity contribution in [3.8, 4) is 6.07 Å². The van der Waals surface area contributed by atoms with Gasteiger partial charge >= 0.3 is 0 Å². The molecule has 1 amide bonds. The molecule has 1 saturated carbocycles. The molecular formula is C23H31N5O2. The first-order valence-corrected chi connectivity index (χ1v) is 10.8. The van der Waals surface area contributed by atoms with Crippen molar-refractivity contribution in [1.29, 1.82) is 5.26 Å². The molecule has 1 N–H and O–H groups in total. The van der Waals surface area contributed by atoms with E-state index in [1.165, 1.54) is 37.8 Å². The number of carbonyl (C=O) groups excluding carboxylic acids is 1. The molecule has 160 valence electrons. The summed E-state index contributed by atoms with van der Waals surface area (Å²) in [5, 5.41) is 16.2. The van der Waals surface area contributed by atoms with Gasteiger partial charge in [0.05, 0.1) is 0 Å². The number of nitrogens with one attached hydrogen (secondary N) is 1. The highest BCUT2D eigenvalue weighted by atomic mass is 16.5. The number of aryl methyl sites for hydroxylation is 1. The Bertz CT molecular complexity index is 955. The van der Waals surface area contributed by atoms with Gasteiger partial charge in [-0.3, -0.25) is 4.79 Å². The summed E-state index contributed by atoms with van der Waals surface area (Å²) in [6, 6.07) is 4.63. The van der Waals surface area contributed by atoms with Gasteiger partial charge in [0.25, 0.3) is 5.91 Å². The van der Waals surface area contributed by atoms with Crippen LogP contribution in [0.5, 0.6) is 0 Å². The van der Waals surface area contributed by atoms with Gasteiger partial charge in [-0.05, 0) is 44.4 Å². The number of nitriles is 1. The first-order chi connectivity index (χ1) is 14.4. The Morgan fingerprint density at radius 3 is 2.73 bits per heavy atom. The minimum absolute atomic E-state index is 0.104. The van der Waals surface area contributed by atoms with Gasteiger partial charge in [0.2, 0.25) is 5.89 Å². The monoisotopic (exact) mass is 409 g/mol. The fourth-order valence-corrected chi connectivity index (χ4v) is 4.14. The molecule has 3 rings (SSSR count). The van der Waals surface area contributed by atoms with E-state index in [4.69, 9.17) is 4.52 Å². The van der Waals surface area contributed by atoms with E-state index in [0.717, 1.165) is 11.3 Å². The standard InChI is InChI=1S/C23H31N5O2/c1-15(2)22-26-21(30-27-22)10-11-25-23(29)19(14-24)13-18-12-16(3)28(17(18)4)20-8-6-5-7-9-20/h12-13,15,20H,5-11H2,1-4H3,(H,25,29)/b19-13+. The zero-order valence-corrected chi connectivity index (χ0v) is 18.4. The van der Waals surface area contributed by atoms with Crippen LogP contribution >= 0.6 is 0 Å². The van der Waals surface area contributed by atoms with E-state index in [-0.39, 0.29) is 17.4 Å². The summed E-state index contributed by atoms with van der Waals surface area (Å²) in [4.78, 5) is 16.8. The first kappa shape index (κ1) is 21.8. The minimum Gasteiger partial charge on any atom is -0.351 e. The molecule has 2 aromatic rings. The second-order valence-electron chi connectivity index (χ2n) is 8.37. The fourth-order valence-electron chi connectivity index (χ4n) is 4.14. The van der Waals surface area contributed by atoms with E-state index >= 15 is 0 Å². The first-order valence-electron chi connectivity index (χ1n) is 10.8. The lowest BCUT2D eigenvalue weighted by Gasteiger charge is -2.26. The predicted octanol–water partition coefficient (Wildman–Crippen LogP) is 4.38. The van der Waals surface area contributed by atoms with Crippen molar-refractivity contribution < 1.29 is 9.32 Å². The number of hydrogen-bond donors (Lipinski definition) is 1. The molecular weight excluding hydrogens is 378 g/mol. The zero-order chi connectivity index (χ0) is 21.7. The number of aromatic nitrogens is 3. The Hall–Kier alpha value is -2.88. The third-order valence-electron chi connectivity index (χ3n) is 5.75. The number of nitrogens with zero attached hydrogens (tertiary/aromatic N) is 4. The van der Waals surface area contributed by atoms with Crippen LogP contribution in [0.2, 0.25) is 0 Å². The van der Waals surface area contributed by atoms with Crippen LogP contribution in [0.25, 0.3) is 6.08 Å². The molecule has 30 heavy (non-hydrogen) atoms. The second-order valence-corrected chi connectivity index (χ2v) is 8.37. The van der Waals surface area contributed by atoms with E-state index in [0.29, 0.717) is 30.7 Å². The molecule has 0 aromatic carbocycles. The number of hydrogen-bond acceptors (Lipinski definition) is 5. The Balaban J connectivity index is 1.66. The quantitative estimate of drug-likeness (QED) is 0.540. The Kier molecular flexibility index (Phi) is 7.09. The summed E-state index contributed by atoms with van der Waals surface area (Å²) in [6.45, 7) is 8.49. The van der Waals surface area contributed by atoms with Gasteiger partial charge in [-0.2, -0.15) is 10.2 Å². The Labute approximate surface area is 178 Å². The minimum atomic E-state index is -0.386. The van der Waals surface area contributed by atoms with Gasteiger partial charge in [0, 0.05) is 36.3 Å². The maximum absolute atomic E-state index is 12.5. The highest BCUT2D eigenvalue weighted by Crippen LogP contribution is 2.32. The lowest BCUT2D eigenvalue weighted by molar-refractivity contribution is -0.117. The normalized spacial score (nSPS) is 15.4. The third-order valence-corrected chi connectivity index (χ3v) is 5.75. The molecule has 0 radical (unpaired) electrons. The van der Waals surface area contributed by atoms with Crippen LogP contribution in [0.3, 0.4) is 0 Å². The lowest BCUT2D eigenvalue weighted by atomic mass is 9.95. The van der Waals surface area contributed by atoms with Crippen LogP contribution in [0.15, 0.2) is 16.2 Å². The molecule has 7 heteroatoms. The van der Waals surface area contributed by atoms with Gasteiger partial charge in [-0.1, -0.05) is 38.3 Å². The maximum atomic E-state index is 12.5. The van der Waals surface area contributed by atoms with Crippen LogP contribution in [-0.2, 0) is 11.2 Å². The molecule has 0 unspecified atom stereocenters. The van der Waals surface area contributed by atoms with Gasteiger partial charge in [0.15, 0.2) is 5.82 Å². The van der Waals surface area contributed by atoms with Crippen molar-refractivity contribution in [3.05, 3.63) is 40.3 Å². The Morgan fingerprint density at radius 1 is 1.37 bits per heavy atom. The summed E-state index contributed by atoms with van der Waals surface area (Å²) < 4.78 is 7.56. The number of amides is 1. The lowest BCUT2D eigenvalue weighted by Crippen LogP contribution is -2.26. The van der Waals surface area contributed by atoms with Gasteiger partial charge in [-0.25, -0.2) is 0 Å². The molecule has 0 saturated heterocycles. The van der Waals surface area contributed by atoms with Crippen LogP contribution in [0, 0.1) is 25.2 Å². The fraction of sp³-hybridized carbons (Fsp3) is 0.565. The molecule has 0 bridgehead atoms. The average Bonchev–Trinajstić information content (AvgIpc) is 3.31. The van der Waals surface area contributed by atoms with E-state index in [9.17, 15) is 10.1 Å². The van der Waals surface area contributed by atoms with Gasteiger partial charge < -0.3 is 14.4 Å². The molecule has 0 aliphatic heterocycles. The molecule has 1 fully saturated rings. The highest BCUT2D eigenvalue weighted by molar-refractivity contribution is 6.01. The predicted molar refractivity (Wildman–Crippen MR) is 115 cm³/mol. The summed E-state index contributed by atoms with van der Waals surface area (Å²) in [5.74, 6) is 0.946. The van der Waals surface area contributed by atoms with Crippen molar-refractivity contribution in [1.82, 2.24) is 20.0 Å². The molecule has 1 aliphatic rings. The van der Waals surface area contributed by atoms with Crippen LogP contribution in [0.1, 0.15) is 86.6 Å². The van der Waals surface area contributed by atoms with E-state index in [1.54, 1.807) is 6.08 Å². The SMILES string of the molecule is Cc1cc(/C=C(\C#N)C(=O)NCCc2nc(C(C)C)no2)c(C)n1C1CCCCC1. The molecule has 2 heterocycles. The molecule has 2 aromatic heterocycles. The third kappa shape index (κ3) is 4.99. The summed E-state index contributed by atoms with van der Waals surface area (Å²) in [7, 11) is 0.